The highest BCUT2D eigenvalue weighted by atomic mass is 32.1. The largest absolute Gasteiger partial charge is 0.388 e. The van der Waals surface area contributed by atoms with Gasteiger partial charge in [0.15, 0.2) is 5.52 Å². The van der Waals surface area contributed by atoms with Crippen LogP contribution in [0, 0.1) is 6.92 Å². The van der Waals surface area contributed by atoms with Crippen molar-refractivity contribution in [1.82, 2.24) is 39.4 Å². The molecule has 4 aromatic heterocycles. The lowest BCUT2D eigenvalue weighted by molar-refractivity contribution is -0.136. The summed E-state index contributed by atoms with van der Waals surface area (Å²) in [6.07, 6.45) is 5.92. The van der Waals surface area contributed by atoms with Gasteiger partial charge in [-0.3, -0.25) is 23.6 Å². The van der Waals surface area contributed by atoms with Crippen molar-refractivity contribution in [3.63, 3.8) is 0 Å². The van der Waals surface area contributed by atoms with Crippen LogP contribution in [0.1, 0.15) is 87.0 Å². The van der Waals surface area contributed by atoms with Gasteiger partial charge in [0.1, 0.15) is 5.52 Å². The number of hydrogen-bond donors (Lipinski definition) is 3. The molecule has 3 N–H and O–H groups in total. The Labute approximate surface area is 401 Å². The van der Waals surface area contributed by atoms with Gasteiger partial charge in [0.25, 0.3) is 5.56 Å². The summed E-state index contributed by atoms with van der Waals surface area (Å²) in [6.45, 7) is 10.4. The molecule has 9 rings (SSSR count). The van der Waals surface area contributed by atoms with E-state index in [-0.39, 0.29) is 35.4 Å². The van der Waals surface area contributed by atoms with Crippen LogP contribution in [-0.2, 0) is 42.8 Å². The van der Waals surface area contributed by atoms with E-state index >= 15 is 0 Å². The van der Waals surface area contributed by atoms with E-state index in [4.69, 9.17) is 0 Å². The van der Waals surface area contributed by atoms with Crippen molar-refractivity contribution in [2.45, 2.75) is 103 Å². The molecule has 0 bridgehead atoms. The lowest BCUT2D eigenvalue weighted by atomic mass is 9.90. The van der Waals surface area contributed by atoms with Crippen LogP contribution < -0.4 is 16.2 Å². The minimum absolute atomic E-state index is 0.0366. The Kier molecular flexibility index (Phi) is 14.0. The average molecular weight is 931 g/mol. The Balaban J connectivity index is 0.707. The Morgan fingerprint density at radius 1 is 0.853 bits per heavy atom. The second-order valence-electron chi connectivity index (χ2n) is 18.7. The fraction of sp³-hybridized carbons (Fsp3) is 0.364. The minimum Gasteiger partial charge on any atom is -0.388 e. The number of carbonyl (C=O) groups excluding carboxylic acids is 2. The number of carbonyl (C=O) groups is 2. The molecule has 0 saturated carbocycles. The maximum absolute atomic E-state index is 13.7. The topological polar surface area (TPSA) is 139 Å². The summed E-state index contributed by atoms with van der Waals surface area (Å²) in [5, 5.41) is 27.6. The first-order valence-electron chi connectivity index (χ1n) is 24.1. The number of nitrogens with one attached hydrogen (secondary N) is 2. The number of piperidine rings is 1. The predicted octanol–water partition coefficient (Wildman–Crippen LogP) is 9.48. The molecule has 68 heavy (non-hydrogen) atoms. The molecule has 2 amide bonds. The van der Waals surface area contributed by atoms with E-state index in [9.17, 15) is 19.5 Å². The maximum atomic E-state index is 13.7. The lowest BCUT2D eigenvalue weighted by Crippen LogP contribution is -2.49. The third kappa shape index (κ3) is 10.2. The van der Waals surface area contributed by atoms with Gasteiger partial charge >= 0.3 is 0 Å². The van der Waals surface area contributed by atoms with Gasteiger partial charge in [0.05, 0.1) is 24.2 Å². The molecule has 5 heterocycles. The number of hydrogen-bond acceptors (Lipinski definition) is 8. The number of unbranched alkanes of at least 4 members (excludes halogenated alkanes) is 2. The van der Waals surface area contributed by atoms with Crippen LogP contribution in [-0.4, -0.2) is 71.0 Å². The molecule has 12 nitrogen and oxygen atoms in total. The Morgan fingerprint density at radius 2 is 1.62 bits per heavy atom. The van der Waals surface area contributed by atoms with Crippen LogP contribution in [0.3, 0.4) is 0 Å². The Morgan fingerprint density at radius 3 is 2.37 bits per heavy atom. The second-order valence-corrected chi connectivity index (χ2v) is 19.7. The Hall–Kier alpha value is -6.41. The molecular weight excluding hydrogens is 869 g/mol. The Bertz CT molecular complexity index is 3120. The molecule has 1 saturated heterocycles. The van der Waals surface area contributed by atoms with Gasteiger partial charge in [0, 0.05) is 84.9 Å². The van der Waals surface area contributed by atoms with Crippen LogP contribution in [0.2, 0.25) is 0 Å². The quantitative estimate of drug-likeness (QED) is 0.0729. The fourth-order valence-corrected chi connectivity index (χ4v) is 10.7. The molecule has 13 heteroatoms. The number of fused-ring (bicyclic) bond motifs is 4. The van der Waals surface area contributed by atoms with Gasteiger partial charge < -0.3 is 25.2 Å². The first-order valence-corrected chi connectivity index (χ1v) is 25.0. The summed E-state index contributed by atoms with van der Waals surface area (Å²) in [5.41, 5.74) is 9.32. The average Bonchev–Trinajstić information content (AvgIpc) is 4.04. The third-order valence-electron chi connectivity index (χ3n) is 13.7. The number of thiophene rings is 1. The van der Waals surface area contributed by atoms with E-state index in [1.807, 2.05) is 59.5 Å². The van der Waals surface area contributed by atoms with Crippen LogP contribution in [0.25, 0.3) is 54.5 Å². The second kappa shape index (κ2) is 20.4. The van der Waals surface area contributed by atoms with Crippen LogP contribution >= 0.6 is 11.3 Å². The molecule has 8 aromatic rings. The van der Waals surface area contributed by atoms with Crippen molar-refractivity contribution < 1.29 is 14.7 Å². The van der Waals surface area contributed by atoms with Gasteiger partial charge in [-0.05, 0) is 109 Å². The highest BCUT2D eigenvalue weighted by Crippen LogP contribution is 2.35. The summed E-state index contributed by atoms with van der Waals surface area (Å²) in [4.78, 5) is 47.4. The van der Waals surface area contributed by atoms with E-state index in [0.29, 0.717) is 56.5 Å². The predicted molar refractivity (Wildman–Crippen MR) is 274 cm³/mol. The minimum atomic E-state index is -1.15. The third-order valence-corrected chi connectivity index (χ3v) is 14.8. The molecule has 352 valence electrons. The van der Waals surface area contributed by atoms with Crippen molar-refractivity contribution in [2.75, 3.05) is 19.6 Å². The number of aromatic nitrogens is 5. The van der Waals surface area contributed by atoms with Gasteiger partial charge in [-0.2, -0.15) is 5.10 Å². The van der Waals surface area contributed by atoms with Crippen molar-refractivity contribution in [3.05, 3.63) is 141 Å². The summed E-state index contributed by atoms with van der Waals surface area (Å²) in [5.74, 6) is 0.215. The fourth-order valence-electron chi connectivity index (χ4n) is 9.82. The van der Waals surface area contributed by atoms with Crippen molar-refractivity contribution in [3.8, 4) is 21.7 Å². The molecule has 0 spiro atoms. The van der Waals surface area contributed by atoms with Gasteiger partial charge in [-0.25, -0.2) is 4.98 Å². The molecule has 0 radical (unpaired) electrons. The van der Waals surface area contributed by atoms with Crippen LogP contribution in [0.5, 0.6) is 0 Å². The number of benzene rings is 4. The highest BCUT2D eigenvalue weighted by Gasteiger charge is 2.35. The highest BCUT2D eigenvalue weighted by molar-refractivity contribution is 7.13. The SMILES string of the molecule is CCn1c2ccc(CNCCCCCC(=O)NCc3ccc(-c4c5ncn(CC6(O)CCN(C(=O)C[C@@H](C)c7ccccc7)CC6)c(=O)c5nn4C)cc3)cc2c2ccc(-c3cc(C)cs3)cc21. The van der Waals surface area contributed by atoms with E-state index in [1.165, 1.54) is 54.3 Å². The smallest absolute Gasteiger partial charge is 0.281 e. The standard InChI is InChI=1S/C55H62N8O4S/c1-5-63-46-22-17-40(30-45(46)44-21-20-43(31-47(44)63)48-28-37(2)34-68-48)32-56-25-11-7-10-14-49(64)57-33-39-15-18-42(19-16-39)53-51-52(59-60(53)4)54(66)62(36-58-51)35-55(67)23-26-61(27-24-55)50(65)29-38(3)41-12-8-6-9-13-41/h6,8-9,12-13,15-22,28,30-31,34,36,38,56,67H,5,7,10-11,14,23-27,29,32-33,35H2,1-4H3,(H,57,64)/t38-/m1/s1. The first kappa shape index (κ1) is 46.7. The van der Waals surface area contributed by atoms with Crippen LogP contribution in [0.4, 0.5) is 0 Å². The summed E-state index contributed by atoms with van der Waals surface area (Å²) in [6, 6.07) is 33.8. The monoisotopic (exact) mass is 930 g/mol. The van der Waals surface area contributed by atoms with E-state index < -0.39 is 5.60 Å². The van der Waals surface area contributed by atoms with E-state index in [0.717, 1.165) is 55.6 Å². The van der Waals surface area contributed by atoms with E-state index in [2.05, 4.69) is 93.9 Å². The lowest BCUT2D eigenvalue weighted by Gasteiger charge is -2.38. The summed E-state index contributed by atoms with van der Waals surface area (Å²) < 4.78 is 5.52. The van der Waals surface area contributed by atoms with Gasteiger partial charge in [-0.15, -0.1) is 11.3 Å². The van der Waals surface area contributed by atoms with Crippen LogP contribution in [0.15, 0.2) is 114 Å². The number of aryl methyl sites for hydroxylation is 3. The molecule has 0 unspecified atom stereocenters. The van der Waals surface area contributed by atoms with Crippen molar-refractivity contribution in [1.29, 1.82) is 0 Å². The number of likely N-dealkylation sites (tertiary alicyclic amines) is 1. The first-order chi connectivity index (χ1) is 33.0. The summed E-state index contributed by atoms with van der Waals surface area (Å²) in [7, 11) is 1.79. The van der Waals surface area contributed by atoms with Gasteiger partial charge in [0.2, 0.25) is 11.8 Å². The molecule has 1 aliphatic rings. The molecule has 1 atom stereocenters. The number of nitrogens with zero attached hydrogens (tertiary/aromatic N) is 6. The molecular formula is C55H62N8O4S. The molecule has 4 aromatic carbocycles. The summed E-state index contributed by atoms with van der Waals surface area (Å²) >= 11 is 1.80. The van der Waals surface area contributed by atoms with Crippen molar-refractivity contribution >= 4 is 56.0 Å². The van der Waals surface area contributed by atoms with Gasteiger partial charge in [-0.1, -0.05) is 86.1 Å². The number of rotatable bonds is 18. The number of amides is 2. The zero-order chi connectivity index (χ0) is 47.4. The molecule has 0 aliphatic carbocycles. The number of aliphatic hydroxyl groups is 1. The maximum Gasteiger partial charge on any atom is 0.281 e. The molecule has 1 fully saturated rings. The van der Waals surface area contributed by atoms with E-state index in [1.54, 1.807) is 23.1 Å². The normalized spacial score (nSPS) is 14.3. The zero-order valence-electron chi connectivity index (χ0n) is 39.6. The van der Waals surface area contributed by atoms with Crippen molar-refractivity contribution in [2.24, 2.45) is 7.05 Å². The zero-order valence-corrected chi connectivity index (χ0v) is 40.4. The molecule has 1 aliphatic heterocycles.